The van der Waals surface area contributed by atoms with Crippen molar-refractivity contribution in [3.05, 3.63) is 64.6 Å². The number of benzene rings is 2. The summed E-state index contributed by atoms with van der Waals surface area (Å²) in [5.41, 5.74) is 5.10. The zero-order valence-electron chi connectivity index (χ0n) is 20.7. The van der Waals surface area contributed by atoms with E-state index in [1.807, 2.05) is 55.7 Å². The normalized spacial score (nSPS) is 14.5. The molecule has 5 aromatic rings. The van der Waals surface area contributed by atoms with Gasteiger partial charge < -0.3 is 20.4 Å². The second kappa shape index (κ2) is 10.8. The predicted molar refractivity (Wildman–Crippen MR) is 152 cm³/mol. The molecule has 1 saturated carbocycles. The first-order valence-corrected chi connectivity index (χ1v) is 13.9. The van der Waals surface area contributed by atoms with Gasteiger partial charge in [-0.1, -0.05) is 49.1 Å². The van der Waals surface area contributed by atoms with E-state index in [4.69, 9.17) is 21.0 Å². The van der Waals surface area contributed by atoms with Gasteiger partial charge in [0, 0.05) is 24.3 Å². The molecule has 190 valence electrons. The lowest BCUT2D eigenvalue weighted by molar-refractivity contribution is 0.372. The molecular formula is C28H29ClN6OS. The van der Waals surface area contributed by atoms with E-state index >= 15 is 0 Å². The van der Waals surface area contributed by atoms with E-state index in [2.05, 4.69) is 25.9 Å². The molecule has 7 nitrogen and oxygen atoms in total. The Morgan fingerprint density at radius 2 is 1.95 bits per heavy atom. The molecule has 0 bridgehead atoms. The van der Waals surface area contributed by atoms with E-state index in [1.165, 1.54) is 32.1 Å². The van der Waals surface area contributed by atoms with E-state index in [9.17, 15) is 0 Å². The average molecular weight is 533 g/mol. The molecule has 0 saturated heterocycles. The minimum Gasteiger partial charge on any atom is -0.439 e. The van der Waals surface area contributed by atoms with Gasteiger partial charge >= 0.3 is 0 Å². The molecule has 3 heterocycles. The number of hydrogen-bond donors (Lipinski definition) is 3. The van der Waals surface area contributed by atoms with E-state index in [0.717, 1.165) is 49.7 Å². The summed E-state index contributed by atoms with van der Waals surface area (Å²) in [6, 6.07) is 14.5. The van der Waals surface area contributed by atoms with Gasteiger partial charge in [0.1, 0.15) is 16.0 Å². The average Bonchev–Trinajstić information content (AvgIpc) is 3.53. The van der Waals surface area contributed by atoms with Gasteiger partial charge in [-0.3, -0.25) is 0 Å². The molecule has 0 radical (unpaired) electrons. The van der Waals surface area contributed by atoms with Crippen LogP contribution in [0.4, 0.5) is 11.5 Å². The minimum absolute atomic E-state index is 0.581. The Kier molecular flexibility index (Phi) is 7.06. The monoisotopic (exact) mass is 532 g/mol. The number of halogens is 1. The van der Waals surface area contributed by atoms with Gasteiger partial charge in [-0.05, 0) is 49.7 Å². The lowest BCUT2D eigenvalue weighted by Crippen LogP contribution is -2.30. The van der Waals surface area contributed by atoms with Crippen LogP contribution in [0.3, 0.4) is 0 Å². The number of pyridine rings is 1. The first-order chi connectivity index (χ1) is 18.2. The molecule has 37 heavy (non-hydrogen) atoms. The fourth-order valence-corrected chi connectivity index (χ4v) is 6.15. The highest BCUT2D eigenvalue weighted by molar-refractivity contribution is 7.18. The number of anilines is 2. The lowest BCUT2D eigenvalue weighted by Gasteiger charge is -2.22. The Hall–Kier alpha value is -3.04. The number of thiazole rings is 1. The number of fused-ring (bicyclic) bond motifs is 2. The van der Waals surface area contributed by atoms with Crippen LogP contribution in [0.1, 0.15) is 43.0 Å². The van der Waals surface area contributed by atoms with E-state index < -0.39 is 0 Å². The molecular weight excluding hydrogens is 504 g/mol. The zero-order chi connectivity index (χ0) is 25.2. The number of rotatable bonds is 8. The molecule has 0 atom stereocenters. The fraction of sp³-hybridized carbons (Fsp3) is 0.321. The summed E-state index contributed by atoms with van der Waals surface area (Å²) < 4.78 is 6.90. The SMILES string of the molecule is CNCc1nc2cc(-c3cccc(Nc4nccc5sc(CNC6CCCCC6)nc45)c3Cl)ccc2o1. The Balaban J connectivity index is 1.25. The van der Waals surface area contributed by atoms with E-state index in [-0.39, 0.29) is 0 Å². The highest BCUT2D eigenvalue weighted by Crippen LogP contribution is 2.37. The standard InChI is InChI=1S/C28H29ClN6OS/c1-30-15-24-33-21-14-17(10-11-22(21)36-24)19-8-5-9-20(26(19)29)34-28-27-23(12-13-31-28)37-25(35-27)16-32-18-6-3-2-4-7-18/h5,8-14,18,30,32H,2-4,6-7,15-16H2,1H3,(H,31,34). The van der Waals surface area contributed by atoms with Crippen molar-refractivity contribution in [1.29, 1.82) is 0 Å². The van der Waals surface area contributed by atoms with Crippen molar-refractivity contribution in [2.45, 2.75) is 51.2 Å². The maximum atomic E-state index is 6.92. The summed E-state index contributed by atoms with van der Waals surface area (Å²) >= 11 is 8.63. The van der Waals surface area contributed by atoms with Crippen LogP contribution < -0.4 is 16.0 Å². The van der Waals surface area contributed by atoms with Crippen LogP contribution in [0.5, 0.6) is 0 Å². The summed E-state index contributed by atoms with van der Waals surface area (Å²) in [5.74, 6) is 1.37. The maximum absolute atomic E-state index is 6.92. The fourth-order valence-electron chi connectivity index (χ4n) is 4.96. The first-order valence-electron chi connectivity index (χ1n) is 12.8. The number of oxazole rings is 1. The van der Waals surface area contributed by atoms with Gasteiger partial charge in [-0.15, -0.1) is 11.3 Å². The molecule has 9 heteroatoms. The Labute approximate surface area is 224 Å². The summed E-state index contributed by atoms with van der Waals surface area (Å²) in [7, 11) is 1.87. The second-order valence-electron chi connectivity index (χ2n) is 9.44. The molecule has 3 N–H and O–H groups in total. The first kappa shape index (κ1) is 24.3. The number of hydrogen-bond acceptors (Lipinski definition) is 8. The molecule has 1 aliphatic rings. The molecule has 1 fully saturated rings. The van der Waals surface area contributed by atoms with Crippen LogP contribution in [-0.2, 0) is 13.1 Å². The van der Waals surface area contributed by atoms with Crippen molar-refractivity contribution >= 4 is 55.8 Å². The third-order valence-corrected chi connectivity index (χ3v) is 8.25. The summed E-state index contributed by atoms with van der Waals surface area (Å²) in [6.07, 6.45) is 8.33. The van der Waals surface area contributed by atoms with Gasteiger partial charge in [-0.25, -0.2) is 15.0 Å². The van der Waals surface area contributed by atoms with Gasteiger partial charge in [0.05, 0.1) is 22.0 Å². The van der Waals surface area contributed by atoms with Crippen LogP contribution in [0.25, 0.3) is 32.4 Å². The van der Waals surface area contributed by atoms with Gasteiger partial charge in [0.15, 0.2) is 11.4 Å². The van der Waals surface area contributed by atoms with E-state index in [1.54, 1.807) is 11.3 Å². The highest BCUT2D eigenvalue weighted by atomic mass is 35.5. The van der Waals surface area contributed by atoms with Gasteiger partial charge in [0.2, 0.25) is 5.89 Å². The highest BCUT2D eigenvalue weighted by Gasteiger charge is 2.16. The van der Waals surface area contributed by atoms with Gasteiger partial charge in [0.25, 0.3) is 0 Å². The lowest BCUT2D eigenvalue weighted by atomic mass is 9.96. The molecule has 1 aliphatic carbocycles. The minimum atomic E-state index is 0.581. The zero-order valence-corrected chi connectivity index (χ0v) is 22.3. The predicted octanol–water partition coefficient (Wildman–Crippen LogP) is 7.04. The van der Waals surface area contributed by atoms with Crippen LogP contribution >= 0.6 is 22.9 Å². The van der Waals surface area contributed by atoms with E-state index in [0.29, 0.717) is 29.3 Å². The third kappa shape index (κ3) is 5.20. The van der Waals surface area contributed by atoms with Crippen molar-refractivity contribution in [2.24, 2.45) is 0 Å². The second-order valence-corrected chi connectivity index (χ2v) is 10.9. The van der Waals surface area contributed by atoms with Crippen molar-refractivity contribution in [1.82, 2.24) is 25.6 Å². The summed E-state index contributed by atoms with van der Waals surface area (Å²) in [5, 5.41) is 11.9. The Morgan fingerprint density at radius 1 is 1.05 bits per heavy atom. The third-order valence-electron chi connectivity index (χ3n) is 6.82. The molecule has 0 amide bonds. The molecule has 2 aromatic carbocycles. The molecule has 6 rings (SSSR count). The number of nitrogens with zero attached hydrogens (tertiary/aromatic N) is 3. The van der Waals surface area contributed by atoms with Crippen LogP contribution in [0, 0.1) is 0 Å². The molecule has 0 aliphatic heterocycles. The smallest absolute Gasteiger partial charge is 0.209 e. The largest absolute Gasteiger partial charge is 0.439 e. The van der Waals surface area contributed by atoms with Crippen molar-refractivity contribution < 1.29 is 4.42 Å². The topological polar surface area (TPSA) is 87.9 Å². The Morgan fingerprint density at radius 3 is 2.81 bits per heavy atom. The maximum Gasteiger partial charge on any atom is 0.209 e. The number of aromatic nitrogens is 3. The molecule has 0 unspecified atom stereocenters. The van der Waals surface area contributed by atoms with Crippen LogP contribution in [0.15, 0.2) is 53.1 Å². The Bertz CT molecular complexity index is 1540. The van der Waals surface area contributed by atoms with Crippen LogP contribution in [-0.4, -0.2) is 28.0 Å². The number of nitrogens with one attached hydrogen (secondary N) is 3. The quantitative estimate of drug-likeness (QED) is 0.197. The summed E-state index contributed by atoms with van der Waals surface area (Å²) in [4.78, 5) is 14.1. The van der Waals surface area contributed by atoms with Crippen molar-refractivity contribution in [3.63, 3.8) is 0 Å². The molecule has 0 spiro atoms. The summed E-state index contributed by atoms with van der Waals surface area (Å²) in [6.45, 7) is 1.37. The molecule has 3 aromatic heterocycles. The van der Waals surface area contributed by atoms with Crippen molar-refractivity contribution in [2.75, 3.05) is 12.4 Å². The van der Waals surface area contributed by atoms with Gasteiger partial charge in [-0.2, -0.15) is 0 Å². The van der Waals surface area contributed by atoms with Crippen LogP contribution in [0.2, 0.25) is 5.02 Å². The van der Waals surface area contributed by atoms with Crippen molar-refractivity contribution in [3.8, 4) is 11.1 Å².